The Bertz CT molecular complexity index is 1150. The molecule has 0 bridgehead atoms. The van der Waals surface area contributed by atoms with Crippen molar-refractivity contribution in [2.24, 2.45) is 0 Å². The second kappa shape index (κ2) is 9.38. The highest BCUT2D eigenvalue weighted by atomic mass is 19.1. The normalized spacial score (nSPS) is 17.9. The predicted octanol–water partition coefficient (Wildman–Crippen LogP) is 5.30. The minimum atomic E-state index is -1.05. The SMILES string of the molecule is C.CC(C)Nc1ncc2nc(Nc3c(F)cc(F)cc3F)n(C3CCC4(CC3)OCCO4)c2n1. The molecular weight excluding hydrogens is 449 g/mol. The maximum Gasteiger partial charge on any atom is 0.224 e. The Labute approximate surface area is 195 Å². The zero-order valence-electron chi connectivity index (χ0n) is 18.4. The minimum Gasteiger partial charge on any atom is -0.352 e. The monoisotopic (exact) mass is 478 g/mol. The van der Waals surface area contributed by atoms with Crippen molar-refractivity contribution in [1.82, 2.24) is 19.5 Å². The fourth-order valence-corrected chi connectivity index (χ4v) is 4.51. The summed E-state index contributed by atoms with van der Waals surface area (Å²) in [6.45, 7) is 5.10. The molecule has 1 aromatic carbocycles. The van der Waals surface area contributed by atoms with Gasteiger partial charge in [-0.05, 0) is 26.7 Å². The fourth-order valence-electron chi connectivity index (χ4n) is 4.51. The molecule has 1 saturated heterocycles. The van der Waals surface area contributed by atoms with Gasteiger partial charge in [-0.3, -0.25) is 4.57 Å². The topological polar surface area (TPSA) is 86.1 Å². The second-order valence-corrected chi connectivity index (χ2v) is 8.72. The Morgan fingerprint density at radius 3 is 2.32 bits per heavy atom. The number of aromatic nitrogens is 4. The van der Waals surface area contributed by atoms with Crippen LogP contribution in [0.5, 0.6) is 0 Å². The van der Waals surface area contributed by atoms with E-state index in [2.05, 4.69) is 25.6 Å². The molecule has 1 spiro atoms. The highest BCUT2D eigenvalue weighted by molar-refractivity contribution is 5.76. The lowest BCUT2D eigenvalue weighted by molar-refractivity contribution is -0.181. The molecule has 2 aromatic heterocycles. The summed E-state index contributed by atoms with van der Waals surface area (Å²) < 4.78 is 55.7. The Morgan fingerprint density at radius 2 is 1.71 bits per heavy atom. The third kappa shape index (κ3) is 4.54. The maximum absolute atomic E-state index is 14.4. The second-order valence-electron chi connectivity index (χ2n) is 8.72. The van der Waals surface area contributed by atoms with Crippen LogP contribution in [0.4, 0.5) is 30.8 Å². The lowest BCUT2D eigenvalue weighted by Gasteiger charge is -2.36. The number of nitrogens with one attached hydrogen (secondary N) is 2. The number of hydrogen-bond donors (Lipinski definition) is 2. The van der Waals surface area contributed by atoms with Gasteiger partial charge in [-0.2, -0.15) is 4.98 Å². The number of benzene rings is 1. The number of hydrogen-bond acceptors (Lipinski definition) is 7. The van der Waals surface area contributed by atoms with Crippen LogP contribution in [0.25, 0.3) is 11.2 Å². The Kier molecular flexibility index (Phi) is 6.68. The summed E-state index contributed by atoms with van der Waals surface area (Å²) in [5.41, 5.74) is 0.535. The summed E-state index contributed by atoms with van der Waals surface area (Å²) in [4.78, 5) is 13.4. The van der Waals surface area contributed by atoms with Crippen molar-refractivity contribution >= 4 is 28.7 Å². The summed E-state index contributed by atoms with van der Waals surface area (Å²) in [6, 6.07) is 1.30. The molecule has 0 atom stereocenters. The number of nitrogens with zero attached hydrogens (tertiary/aromatic N) is 4. The van der Waals surface area contributed by atoms with E-state index in [0.717, 1.165) is 0 Å². The van der Waals surface area contributed by atoms with E-state index in [1.54, 1.807) is 6.20 Å². The van der Waals surface area contributed by atoms with E-state index in [1.165, 1.54) is 0 Å². The summed E-state index contributed by atoms with van der Waals surface area (Å²) in [6.07, 6.45) is 4.33. The van der Waals surface area contributed by atoms with Gasteiger partial charge < -0.3 is 20.1 Å². The fraction of sp³-hybridized carbons (Fsp3) is 0.522. The van der Waals surface area contributed by atoms with Gasteiger partial charge in [-0.1, -0.05) is 7.43 Å². The van der Waals surface area contributed by atoms with Gasteiger partial charge in [0, 0.05) is 37.1 Å². The molecule has 2 fully saturated rings. The van der Waals surface area contributed by atoms with Crippen LogP contribution in [0.3, 0.4) is 0 Å². The molecule has 1 aliphatic heterocycles. The van der Waals surface area contributed by atoms with Gasteiger partial charge in [0.25, 0.3) is 0 Å². The molecule has 11 heteroatoms. The highest BCUT2D eigenvalue weighted by Gasteiger charge is 2.41. The van der Waals surface area contributed by atoms with Crippen molar-refractivity contribution in [3.05, 3.63) is 35.8 Å². The molecule has 34 heavy (non-hydrogen) atoms. The van der Waals surface area contributed by atoms with Crippen molar-refractivity contribution in [1.29, 1.82) is 0 Å². The molecule has 0 amide bonds. The molecule has 3 heterocycles. The zero-order chi connectivity index (χ0) is 23.2. The molecule has 184 valence electrons. The van der Waals surface area contributed by atoms with Crippen molar-refractivity contribution in [2.75, 3.05) is 23.8 Å². The maximum atomic E-state index is 14.4. The summed E-state index contributed by atoms with van der Waals surface area (Å²) >= 11 is 0. The van der Waals surface area contributed by atoms with Crippen LogP contribution in [-0.4, -0.2) is 44.6 Å². The molecule has 0 radical (unpaired) electrons. The van der Waals surface area contributed by atoms with Crippen LogP contribution in [0, 0.1) is 17.5 Å². The Hall–Kier alpha value is -2.92. The molecular formula is C23H29F3N6O2. The third-order valence-electron chi connectivity index (χ3n) is 5.99. The van der Waals surface area contributed by atoms with E-state index in [9.17, 15) is 13.2 Å². The molecule has 1 aliphatic carbocycles. The van der Waals surface area contributed by atoms with E-state index in [1.807, 2.05) is 18.4 Å². The summed E-state index contributed by atoms with van der Waals surface area (Å²) in [5.74, 6) is -3.01. The molecule has 3 aromatic rings. The van der Waals surface area contributed by atoms with Crippen LogP contribution in [-0.2, 0) is 9.47 Å². The quantitative estimate of drug-likeness (QED) is 0.515. The molecule has 0 unspecified atom stereocenters. The number of anilines is 3. The minimum absolute atomic E-state index is 0. The van der Waals surface area contributed by atoms with Crippen molar-refractivity contribution in [2.45, 2.75) is 64.8 Å². The first-order valence-electron chi connectivity index (χ1n) is 11.0. The van der Waals surface area contributed by atoms with E-state index >= 15 is 0 Å². The molecule has 1 saturated carbocycles. The Morgan fingerprint density at radius 1 is 1.06 bits per heavy atom. The van der Waals surface area contributed by atoms with E-state index in [0.29, 0.717) is 68.1 Å². The van der Waals surface area contributed by atoms with E-state index in [4.69, 9.17) is 9.47 Å². The first kappa shape index (κ1) is 24.2. The van der Waals surface area contributed by atoms with Gasteiger partial charge in [0.05, 0.1) is 19.4 Å². The lowest BCUT2D eigenvalue weighted by Crippen LogP contribution is -2.36. The van der Waals surface area contributed by atoms with E-state index in [-0.39, 0.29) is 25.5 Å². The third-order valence-corrected chi connectivity index (χ3v) is 5.99. The zero-order valence-corrected chi connectivity index (χ0v) is 18.4. The smallest absolute Gasteiger partial charge is 0.224 e. The van der Waals surface area contributed by atoms with Crippen LogP contribution >= 0.6 is 0 Å². The summed E-state index contributed by atoms with van der Waals surface area (Å²) in [7, 11) is 0. The summed E-state index contributed by atoms with van der Waals surface area (Å²) in [5, 5.41) is 5.89. The number of halogens is 3. The molecule has 2 N–H and O–H groups in total. The average molecular weight is 479 g/mol. The standard InChI is InChI=1S/C22H25F3N6O2.CH4/c1-12(2)27-20-26-11-17-19(30-20)31(14-3-5-22(6-4-14)32-7-8-33-22)21(28-17)29-18-15(24)9-13(23)10-16(18)25;/h9-12,14H,3-8H2,1-2H3,(H,28,29)(H,26,27,30);1H4. The number of imidazole rings is 1. The van der Waals surface area contributed by atoms with Crippen molar-refractivity contribution < 1.29 is 22.6 Å². The number of fused-ring (bicyclic) bond motifs is 1. The van der Waals surface area contributed by atoms with Crippen LogP contribution < -0.4 is 10.6 Å². The number of rotatable bonds is 5. The first-order chi connectivity index (χ1) is 15.8. The van der Waals surface area contributed by atoms with Crippen LogP contribution in [0.2, 0.25) is 0 Å². The first-order valence-corrected chi connectivity index (χ1v) is 11.0. The van der Waals surface area contributed by atoms with Gasteiger partial charge in [0.1, 0.15) is 17.0 Å². The average Bonchev–Trinajstić information content (AvgIpc) is 3.35. The van der Waals surface area contributed by atoms with Crippen molar-refractivity contribution in [3.63, 3.8) is 0 Å². The van der Waals surface area contributed by atoms with Gasteiger partial charge in [0.2, 0.25) is 11.9 Å². The lowest BCUT2D eigenvalue weighted by atomic mass is 9.90. The Balaban J connectivity index is 0.00000274. The molecule has 8 nitrogen and oxygen atoms in total. The van der Waals surface area contributed by atoms with Gasteiger partial charge in [-0.15, -0.1) is 0 Å². The van der Waals surface area contributed by atoms with Crippen molar-refractivity contribution in [3.8, 4) is 0 Å². The van der Waals surface area contributed by atoms with Gasteiger partial charge in [-0.25, -0.2) is 23.1 Å². The van der Waals surface area contributed by atoms with E-state index < -0.39 is 28.9 Å². The van der Waals surface area contributed by atoms with Gasteiger partial charge in [0.15, 0.2) is 23.1 Å². The largest absolute Gasteiger partial charge is 0.352 e. The van der Waals surface area contributed by atoms with Gasteiger partial charge >= 0.3 is 0 Å². The molecule has 5 rings (SSSR count). The van der Waals surface area contributed by atoms with Crippen LogP contribution in [0.15, 0.2) is 18.3 Å². The highest BCUT2D eigenvalue weighted by Crippen LogP contribution is 2.42. The predicted molar refractivity (Wildman–Crippen MR) is 123 cm³/mol. The van der Waals surface area contributed by atoms with Crippen LogP contribution in [0.1, 0.15) is 53.0 Å². The molecule has 2 aliphatic rings. The number of ether oxygens (including phenoxy) is 2.